The van der Waals surface area contributed by atoms with Gasteiger partial charge in [-0.2, -0.15) is 0 Å². The molecule has 1 amide bonds. The maximum absolute atomic E-state index is 11.8. The van der Waals surface area contributed by atoms with Crippen molar-refractivity contribution >= 4 is 39.1 Å². The molecule has 0 unspecified atom stereocenters. The summed E-state index contributed by atoms with van der Waals surface area (Å²) in [7, 11) is 0. The molecule has 2 aromatic carbocycles. The Balaban J connectivity index is 1.81. The predicted molar refractivity (Wildman–Crippen MR) is 96.1 cm³/mol. The molecule has 2 N–H and O–H groups in total. The van der Waals surface area contributed by atoms with Crippen molar-refractivity contribution in [3.8, 4) is 5.75 Å². The highest BCUT2D eigenvalue weighted by atomic mass is 79.9. The van der Waals surface area contributed by atoms with Crippen LogP contribution in [0.5, 0.6) is 5.75 Å². The van der Waals surface area contributed by atoms with Gasteiger partial charge in [-0.25, -0.2) is 0 Å². The molecule has 0 atom stereocenters. The molecule has 0 fully saturated rings. The van der Waals surface area contributed by atoms with Gasteiger partial charge in [0.1, 0.15) is 5.75 Å². The van der Waals surface area contributed by atoms with Crippen LogP contribution in [0.3, 0.4) is 0 Å². The average molecular weight is 396 g/mol. The Morgan fingerprint density at radius 1 is 1.22 bits per heavy atom. The zero-order valence-electron chi connectivity index (χ0n) is 12.5. The van der Waals surface area contributed by atoms with Gasteiger partial charge in [-0.05, 0) is 46.6 Å². The quantitative estimate of drug-likeness (QED) is 0.725. The molecule has 0 bridgehead atoms. The molecule has 120 valence electrons. The summed E-state index contributed by atoms with van der Waals surface area (Å²) in [6.45, 7) is 5.76. The first-order chi connectivity index (χ1) is 11.0. The van der Waals surface area contributed by atoms with E-state index >= 15 is 0 Å². The van der Waals surface area contributed by atoms with E-state index in [0.29, 0.717) is 20.9 Å². The lowest BCUT2D eigenvalue weighted by atomic mass is 10.1. The molecule has 2 aromatic rings. The van der Waals surface area contributed by atoms with E-state index in [1.807, 2.05) is 31.2 Å². The third-order valence-electron chi connectivity index (χ3n) is 3.01. The minimum atomic E-state index is -0.319. The van der Waals surface area contributed by atoms with E-state index in [1.165, 1.54) is 0 Å². The van der Waals surface area contributed by atoms with Gasteiger partial charge in [-0.1, -0.05) is 48.0 Å². The summed E-state index contributed by atoms with van der Waals surface area (Å²) in [5, 5.41) is 0.588. The number of amides is 1. The zero-order valence-corrected chi connectivity index (χ0v) is 14.9. The van der Waals surface area contributed by atoms with Gasteiger partial charge in [0.05, 0.1) is 10.2 Å². The summed E-state index contributed by atoms with van der Waals surface area (Å²) >= 11 is 9.17. The maximum atomic E-state index is 11.8. The number of aryl methyl sites for hydroxylation is 1. The fourth-order valence-electron chi connectivity index (χ4n) is 1.74. The molecule has 0 spiro atoms. The lowest BCUT2D eigenvalue weighted by molar-refractivity contribution is -0.123. The summed E-state index contributed by atoms with van der Waals surface area (Å²) in [5.41, 5.74) is 7.98. The highest BCUT2D eigenvalue weighted by molar-refractivity contribution is 9.10. The SMILES string of the molecule is C=C(NNC(=O)COc1ccc(Cl)cc1Br)c1ccc(C)cc1. The topological polar surface area (TPSA) is 50.4 Å². The lowest BCUT2D eigenvalue weighted by Crippen LogP contribution is -2.39. The Kier molecular flexibility index (Phi) is 6.07. The maximum Gasteiger partial charge on any atom is 0.276 e. The third kappa shape index (κ3) is 5.30. The van der Waals surface area contributed by atoms with Crippen molar-refractivity contribution in [3.63, 3.8) is 0 Å². The monoisotopic (exact) mass is 394 g/mol. The third-order valence-corrected chi connectivity index (χ3v) is 3.86. The molecule has 0 aliphatic heterocycles. The molecule has 0 aliphatic rings. The van der Waals surface area contributed by atoms with Crippen LogP contribution in [0.4, 0.5) is 0 Å². The number of halogens is 2. The second-order valence-corrected chi connectivity index (χ2v) is 6.17. The van der Waals surface area contributed by atoms with E-state index in [1.54, 1.807) is 18.2 Å². The molecule has 0 radical (unpaired) electrons. The summed E-state index contributed by atoms with van der Waals surface area (Å²) in [4.78, 5) is 11.8. The number of benzene rings is 2. The lowest BCUT2D eigenvalue weighted by Gasteiger charge is -2.12. The van der Waals surface area contributed by atoms with E-state index in [2.05, 4.69) is 33.4 Å². The van der Waals surface area contributed by atoms with E-state index in [0.717, 1.165) is 11.1 Å². The largest absolute Gasteiger partial charge is 0.483 e. The van der Waals surface area contributed by atoms with Crippen LogP contribution in [0.2, 0.25) is 5.02 Å². The van der Waals surface area contributed by atoms with Crippen LogP contribution in [0.1, 0.15) is 11.1 Å². The number of hydrazine groups is 1. The number of hydrogen-bond acceptors (Lipinski definition) is 3. The molecular weight excluding hydrogens is 380 g/mol. The van der Waals surface area contributed by atoms with E-state index in [-0.39, 0.29) is 12.5 Å². The second-order valence-electron chi connectivity index (χ2n) is 4.88. The van der Waals surface area contributed by atoms with Gasteiger partial charge in [-0.3, -0.25) is 15.6 Å². The molecule has 23 heavy (non-hydrogen) atoms. The first kappa shape index (κ1) is 17.4. The average Bonchev–Trinajstić information content (AvgIpc) is 2.52. The zero-order chi connectivity index (χ0) is 16.8. The van der Waals surface area contributed by atoms with Crippen LogP contribution in [0.25, 0.3) is 5.70 Å². The number of nitrogens with one attached hydrogen (secondary N) is 2. The first-order valence-corrected chi connectivity index (χ1v) is 8.01. The standard InChI is InChI=1S/C17H16BrClN2O2/c1-11-3-5-13(6-4-11)12(2)20-21-17(22)10-23-16-8-7-14(19)9-15(16)18/h3-9,20H,2,10H2,1H3,(H,21,22). The Hall–Kier alpha value is -1.98. The Labute approximate surface area is 148 Å². The van der Waals surface area contributed by atoms with Gasteiger partial charge in [-0.15, -0.1) is 0 Å². The Morgan fingerprint density at radius 2 is 1.91 bits per heavy atom. The highest BCUT2D eigenvalue weighted by Gasteiger charge is 2.06. The smallest absolute Gasteiger partial charge is 0.276 e. The van der Waals surface area contributed by atoms with Crippen molar-refractivity contribution in [1.82, 2.24) is 10.9 Å². The first-order valence-electron chi connectivity index (χ1n) is 6.84. The van der Waals surface area contributed by atoms with Crippen molar-refractivity contribution in [1.29, 1.82) is 0 Å². The molecule has 2 rings (SSSR count). The number of carbonyl (C=O) groups excluding carboxylic acids is 1. The van der Waals surface area contributed by atoms with Crippen LogP contribution in [0, 0.1) is 6.92 Å². The molecule has 0 aliphatic carbocycles. The highest BCUT2D eigenvalue weighted by Crippen LogP contribution is 2.27. The normalized spacial score (nSPS) is 10.0. The molecule has 0 saturated heterocycles. The second kappa shape index (κ2) is 8.04. The van der Waals surface area contributed by atoms with Crippen LogP contribution in [-0.2, 0) is 4.79 Å². The molecule has 6 heteroatoms. The fraction of sp³-hybridized carbons (Fsp3) is 0.118. The minimum Gasteiger partial charge on any atom is -0.483 e. The minimum absolute atomic E-state index is 0.131. The van der Waals surface area contributed by atoms with Gasteiger partial charge in [0, 0.05) is 5.02 Å². The molecule has 0 aromatic heterocycles. The predicted octanol–water partition coefficient (Wildman–Crippen LogP) is 4.08. The van der Waals surface area contributed by atoms with Gasteiger partial charge in [0.25, 0.3) is 5.91 Å². The Bertz CT molecular complexity index is 717. The summed E-state index contributed by atoms with van der Waals surface area (Å²) in [5.74, 6) is 0.224. The van der Waals surface area contributed by atoms with Crippen LogP contribution >= 0.6 is 27.5 Å². The van der Waals surface area contributed by atoms with Crippen molar-refractivity contribution in [2.45, 2.75) is 6.92 Å². The number of carbonyl (C=O) groups is 1. The molecule has 4 nitrogen and oxygen atoms in total. The van der Waals surface area contributed by atoms with E-state index in [9.17, 15) is 4.79 Å². The van der Waals surface area contributed by atoms with Crippen LogP contribution < -0.4 is 15.6 Å². The number of hydrogen-bond donors (Lipinski definition) is 2. The van der Waals surface area contributed by atoms with Gasteiger partial charge in [0.15, 0.2) is 6.61 Å². The summed E-state index contributed by atoms with van der Waals surface area (Å²) in [6, 6.07) is 12.9. The van der Waals surface area contributed by atoms with Gasteiger partial charge >= 0.3 is 0 Å². The summed E-state index contributed by atoms with van der Waals surface area (Å²) in [6.07, 6.45) is 0. The van der Waals surface area contributed by atoms with Crippen molar-refractivity contribution in [2.75, 3.05) is 6.61 Å². The van der Waals surface area contributed by atoms with Crippen molar-refractivity contribution in [3.05, 3.63) is 69.7 Å². The number of rotatable bonds is 6. The van der Waals surface area contributed by atoms with Gasteiger partial charge in [0.2, 0.25) is 0 Å². The van der Waals surface area contributed by atoms with Crippen molar-refractivity contribution < 1.29 is 9.53 Å². The van der Waals surface area contributed by atoms with Crippen LogP contribution in [0.15, 0.2) is 53.5 Å². The molecule has 0 saturated carbocycles. The summed E-state index contributed by atoms with van der Waals surface area (Å²) < 4.78 is 6.11. The van der Waals surface area contributed by atoms with Crippen LogP contribution in [-0.4, -0.2) is 12.5 Å². The molecule has 0 heterocycles. The number of ether oxygens (including phenoxy) is 1. The van der Waals surface area contributed by atoms with Crippen molar-refractivity contribution in [2.24, 2.45) is 0 Å². The Morgan fingerprint density at radius 3 is 2.57 bits per heavy atom. The molecular formula is C17H16BrClN2O2. The van der Waals surface area contributed by atoms with E-state index < -0.39 is 0 Å². The van der Waals surface area contributed by atoms with Gasteiger partial charge < -0.3 is 4.74 Å². The fourth-order valence-corrected chi connectivity index (χ4v) is 2.54. The van der Waals surface area contributed by atoms with E-state index in [4.69, 9.17) is 16.3 Å².